The van der Waals surface area contributed by atoms with Crippen molar-refractivity contribution < 1.29 is 19.1 Å². The molecule has 2 unspecified atom stereocenters. The molecule has 1 saturated heterocycles. The monoisotopic (exact) mass is 269 g/mol. The number of carbonyl (C=O) groups excluding carboxylic acids is 2. The molecule has 0 aromatic rings. The molecule has 108 valence electrons. The number of likely N-dealkylation sites (tertiary alicyclic amines) is 1. The van der Waals surface area contributed by atoms with Gasteiger partial charge in [-0.3, -0.25) is 4.79 Å². The third-order valence-electron chi connectivity index (χ3n) is 3.07. The number of methoxy groups -OCH3 is 1. The van der Waals surface area contributed by atoms with Crippen molar-refractivity contribution in [1.29, 1.82) is 0 Å². The lowest BCUT2D eigenvalue weighted by atomic mass is 9.93. The molecule has 1 amide bonds. The molecule has 1 fully saturated rings. The maximum atomic E-state index is 12.0. The molecule has 1 aliphatic heterocycles. The lowest BCUT2D eigenvalue weighted by Crippen LogP contribution is -2.36. The Hall–Kier alpha value is -1.52. The van der Waals surface area contributed by atoms with Gasteiger partial charge in [-0.1, -0.05) is 6.08 Å². The van der Waals surface area contributed by atoms with Crippen molar-refractivity contribution >= 4 is 12.1 Å². The second kappa shape index (κ2) is 6.08. The Morgan fingerprint density at radius 3 is 2.47 bits per heavy atom. The zero-order chi connectivity index (χ0) is 14.6. The van der Waals surface area contributed by atoms with E-state index < -0.39 is 5.60 Å². The Bertz CT molecular complexity index is 359. The molecule has 0 aromatic heterocycles. The van der Waals surface area contributed by atoms with Gasteiger partial charge in [0.1, 0.15) is 5.60 Å². The molecule has 0 saturated carbocycles. The lowest BCUT2D eigenvalue weighted by molar-refractivity contribution is -0.146. The van der Waals surface area contributed by atoms with E-state index in [0.717, 1.165) is 0 Å². The summed E-state index contributed by atoms with van der Waals surface area (Å²) in [6.45, 7) is 9.99. The molecular formula is C14H23NO4. The van der Waals surface area contributed by atoms with E-state index in [9.17, 15) is 9.59 Å². The van der Waals surface area contributed by atoms with Crippen molar-refractivity contribution in [2.75, 3.05) is 20.2 Å². The number of rotatable bonds is 3. The van der Waals surface area contributed by atoms with Crippen LogP contribution in [0, 0.1) is 11.8 Å². The van der Waals surface area contributed by atoms with Gasteiger partial charge in [-0.05, 0) is 33.1 Å². The smallest absolute Gasteiger partial charge is 0.410 e. The van der Waals surface area contributed by atoms with Gasteiger partial charge < -0.3 is 14.4 Å². The van der Waals surface area contributed by atoms with E-state index in [1.165, 1.54) is 7.11 Å². The number of hydrogen-bond donors (Lipinski definition) is 0. The SMILES string of the molecule is C=CCC1CN(C(=O)OC(C)(C)C)CC1C(=O)OC. The number of hydrogen-bond acceptors (Lipinski definition) is 4. The molecule has 0 N–H and O–H groups in total. The number of amides is 1. The predicted molar refractivity (Wildman–Crippen MR) is 71.6 cm³/mol. The average molecular weight is 269 g/mol. The number of carbonyl (C=O) groups is 2. The second-order valence-electron chi connectivity index (χ2n) is 5.80. The molecule has 5 heteroatoms. The van der Waals surface area contributed by atoms with E-state index in [0.29, 0.717) is 19.5 Å². The van der Waals surface area contributed by atoms with E-state index in [4.69, 9.17) is 9.47 Å². The molecule has 0 bridgehead atoms. The lowest BCUT2D eigenvalue weighted by Gasteiger charge is -2.24. The molecule has 0 aromatic carbocycles. The van der Waals surface area contributed by atoms with Gasteiger partial charge in [-0.15, -0.1) is 6.58 Å². The van der Waals surface area contributed by atoms with E-state index in [-0.39, 0.29) is 23.9 Å². The van der Waals surface area contributed by atoms with Crippen LogP contribution in [0.1, 0.15) is 27.2 Å². The van der Waals surface area contributed by atoms with E-state index >= 15 is 0 Å². The molecule has 1 aliphatic rings. The van der Waals surface area contributed by atoms with Gasteiger partial charge in [0.2, 0.25) is 0 Å². The third kappa shape index (κ3) is 4.26. The van der Waals surface area contributed by atoms with E-state index in [1.54, 1.807) is 11.0 Å². The summed E-state index contributed by atoms with van der Waals surface area (Å²) < 4.78 is 10.1. The summed E-state index contributed by atoms with van der Waals surface area (Å²) in [4.78, 5) is 25.3. The first-order chi connectivity index (χ1) is 8.78. The van der Waals surface area contributed by atoms with Crippen LogP contribution in [0.5, 0.6) is 0 Å². The van der Waals surface area contributed by atoms with Crippen LogP contribution in [0.2, 0.25) is 0 Å². The highest BCUT2D eigenvalue weighted by atomic mass is 16.6. The van der Waals surface area contributed by atoms with Crippen LogP contribution in [0.4, 0.5) is 4.79 Å². The number of nitrogens with zero attached hydrogens (tertiary/aromatic N) is 1. The molecule has 1 heterocycles. The first kappa shape index (κ1) is 15.5. The van der Waals surface area contributed by atoms with E-state index in [2.05, 4.69) is 6.58 Å². The van der Waals surface area contributed by atoms with Crippen molar-refractivity contribution in [3.05, 3.63) is 12.7 Å². The van der Waals surface area contributed by atoms with Gasteiger partial charge in [-0.2, -0.15) is 0 Å². The van der Waals surface area contributed by atoms with Crippen molar-refractivity contribution in [1.82, 2.24) is 4.90 Å². The van der Waals surface area contributed by atoms with Crippen molar-refractivity contribution in [3.8, 4) is 0 Å². The highest BCUT2D eigenvalue weighted by Gasteiger charge is 2.40. The summed E-state index contributed by atoms with van der Waals surface area (Å²) in [5, 5.41) is 0. The summed E-state index contributed by atoms with van der Waals surface area (Å²) >= 11 is 0. The van der Waals surface area contributed by atoms with Crippen LogP contribution >= 0.6 is 0 Å². The third-order valence-corrected chi connectivity index (χ3v) is 3.07. The van der Waals surface area contributed by atoms with Crippen LogP contribution < -0.4 is 0 Å². The van der Waals surface area contributed by atoms with Crippen LogP contribution in [-0.2, 0) is 14.3 Å². The molecule has 0 spiro atoms. The summed E-state index contributed by atoms with van der Waals surface area (Å²) in [6.07, 6.45) is 2.06. The minimum absolute atomic E-state index is 0.0532. The van der Waals surface area contributed by atoms with Crippen LogP contribution in [0.15, 0.2) is 12.7 Å². The normalized spacial score (nSPS) is 23.1. The van der Waals surface area contributed by atoms with Crippen molar-refractivity contribution in [3.63, 3.8) is 0 Å². The maximum absolute atomic E-state index is 12.0. The standard InChI is InChI=1S/C14H23NO4/c1-6-7-10-8-15(9-11(10)12(16)18-5)13(17)19-14(2,3)4/h6,10-11H,1,7-9H2,2-5H3. The van der Waals surface area contributed by atoms with Crippen molar-refractivity contribution in [2.45, 2.75) is 32.8 Å². The minimum atomic E-state index is -0.533. The van der Waals surface area contributed by atoms with Gasteiger partial charge in [0.25, 0.3) is 0 Å². The summed E-state index contributed by atoms with van der Waals surface area (Å²) in [6, 6.07) is 0. The van der Waals surface area contributed by atoms with Gasteiger partial charge in [-0.25, -0.2) is 4.79 Å². The molecule has 19 heavy (non-hydrogen) atoms. The Kier molecular flexibility index (Phi) is 4.97. The van der Waals surface area contributed by atoms with E-state index in [1.807, 2.05) is 20.8 Å². The highest BCUT2D eigenvalue weighted by Crippen LogP contribution is 2.28. The van der Waals surface area contributed by atoms with Gasteiger partial charge >= 0.3 is 12.1 Å². The first-order valence-electron chi connectivity index (χ1n) is 6.45. The fourth-order valence-electron chi connectivity index (χ4n) is 2.22. The van der Waals surface area contributed by atoms with Crippen molar-refractivity contribution in [2.24, 2.45) is 11.8 Å². The fraction of sp³-hybridized carbons (Fsp3) is 0.714. The fourth-order valence-corrected chi connectivity index (χ4v) is 2.22. The molecular weight excluding hydrogens is 246 g/mol. The molecule has 1 rings (SSSR count). The Labute approximate surface area is 114 Å². The van der Waals surface area contributed by atoms with Crippen LogP contribution in [0.3, 0.4) is 0 Å². The zero-order valence-corrected chi connectivity index (χ0v) is 12.1. The predicted octanol–water partition coefficient (Wildman–Crippen LogP) is 2.22. The summed E-state index contributed by atoms with van der Waals surface area (Å²) in [5.74, 6) is -0.522. The first-order valence-corrected chi connectivity index (χ1v) is 6.45. The molecule has 0 aliphatic carbocycles. The van der Waals surface area contributed by atoms with Gasteiger partial charge in [0.15, 0.2) is 0 Å². The largest absolute Gasteiger partial charge is 0.469 e. The molecule has 0 radical (unpaired) electrons. The van der Waals surface area contributed by atoms with Gasteiger partial charge in [0.05, 0.1) is 13.0 Å². The molecule has 2 atom stereocenters. The highest BCUT2D eigenvalue weighted by molar-refractivity contribution is 5.76. The number of esters is 1. The van der Waals surface area contributed by atoms with Crippen LogP contribution in [-0.4, -0.2) is 42.8 Å². The van der Waals surface area contributed by atoms with Crippen LogP contribution in [0.25, 0.3) is 0 Å². The van der Waals surface area contributed by atoms with Gasteiger partial charge in [0, 0.05) is 13.1 Å². The summed E-state index contributed by atoms with van der Waals surface area (Å²) in [7, 11) is 1.36. The molecule has 5 nitrogen and oxygen atoms in total. The Morgan fingerprint density at radius 2 is 2.00 bits per heavy atom. The zero-order valence-electron chi connectivity index (χ0n) is 12.1. The quantitative estimate of drug-likeness (QED) is 0.582. The number of ether oxygens (including phenoxy) is 2. The summed E-state index contributed by atoms with van der Waals surface area (Å²) in [5.41, 5.74) is -0.533. The second-order valence-corrected chi connectivity index (χ2v) is 5.80. The number of allylic oxidation sites excluding steroid dienone is 1. The topological polar surface area (TPSA) is 55.8 Å². The Balaban J connectivity index is 2.71. The minimum Gasteiger partial charge on any atom is -0.469 e. The Morgan fingerprint density at radius 1 is 1.37 bits per heavy atom. The average Bonchev–Trinajstić information content (AvgIpc) is 2.70. The maximum Gasteiger partial charge on any atom is 0.410 e.